The zero-order chi connectivity index (χ0) is 33.8. The number of hydrogen-bond acceptors (Lipinski definition) is 8. The largest absolute Gasteiger partial charge is 0.465 e. The van der Waals surface area contributed by atoms with E-state index in [2.05, 4.69) is 33.2 Å². The molecule has 11 heteroatoms. The van der Waals surface area contributed by atoms with Crippen molar-refractivity contribution in [3.63, 3.8) is 0 Å². The number of allylic oxidation sites excluding steroid dienone is 1. The third-order valence-electron chi connectivity index (χ3n) is 9.56. The molecule has 2 fully saturated rings. The van der Waals surface area contributed by atoms with Gasteiger partial charge >= 0.3 is 0 Å². The van der Waals surface area contributed by atoms with E-state index in [1.54, 1.807) is 17.0 Å². The molecule has 4 aromatic rings. The van der Waals surface area contributed by atoms with E-state index in [1.165, 1.54) is 11.3 Å². The lowest BCUT2D eigenvalue weighted by Gasteiger charge is -2.30. The van der Waals surface area contributed by atoms with Crippen LogP contribution in [-0.2, 0) is 14.4 Å². The lowest BCUT2D eigenvalue weighted by Crippen LogP contribution is -2.57. The molecule has 254 valence electrons. The molecule has 0 radical (unpaired) electrons. The minimum atomic E-state index is -1.19. The molecule has 3 amide bonds. The van der Waals surface area contributed by atoms with Crippen LogP contribution in [0, 0.1) is 12.8 Å². The molecule has 1 aliphatic carbocycles. The van der Waals surface area contributed by atoms with Crippen LogP contribution < -0.4 is 25.7 Å². The Balaban J connectivity index is 1.16. The molecule has 3 N–H and O–H groups in total. The number of fused-ring (bicyclic) bond motifs is 3. The molecule has 49 heavy (non-hydrogen) atoms. The average Bonchev–Trinajstić information content (AvgIpc) is 3.41. The van der Waals surface area contributed by atoms with E-state index in [0.717, 1.165) is 47.2 Å². The summed E-state index contributed by atoms with van der Waals surface area (Å²) in [5, 5.41) is 7.02. The van der Waals surface area contributed by atoms with Crippen molar-refractivity contribution in [2.24, 2.45) is 5.92 Å². The van der Waals surface area contributed by atoms with Gasteiger partial charge in [0.2, 0.25) is 11.8 Å². The number of ether oxygens (including phenoxy) is 1. The number of rotatable bonds is 7. The second-order valence-corrected chi connectivity index (χ2v) is 14.2. The summed E-state index contributed by atoms with van der Waals surface area (Å²) in [7, 11) is 0. The molecule has 0 unspecified atom stereocenters. The highest BCUT2D eigenvalue weighted by atomic mass is 32.1. The van der Waals surface area contributed by atoms with Crippen LogP contribution in [-0.4, -0.2) is 57.9 Å². The third kappa shape index (κ3) is 7.41. The highest BCUT2D eigenvalue weighted by molar-refractivity contribution is 7.20. The van der Waals surface area contributed by atoms with Gasteiger partial charge in [-0.15, -0.1) is 0 Å². The van der Waals surface area contributed by atoms with Gasteiger partial charge in [0.25, 0.3) is 11.1 Å². The van der Waals surface area contributed by atoms with Crippen molar-refractivity contribution < 1.29 is 24.0 Å². The van der Waals surface area contributed by atoms with E-state index in [1.807, 2.05) is 73.7 Å². The van der Waals surface area contributed by atoms with Gasteiger partial charge in [0.05, 0.1) is 16.8 Å². The first kappa shape index (κ1) is 32.6. The highest BCUT2D eigenvalue weighted by Gasteiger charge is 2.61. The molecule has 0 spiro atoms. The summed E-state index contributed by atoms with van der Waals surface area (Å²) in [5.41, 5.74) is 4.20. The van der Waals surface area contributed by atoms with E-state index in [9.17, 15) is 14.4 Å². The van der Waals surface area contributed by atoms with Gasteiger partial charge in [-0.25, -0.2) is 4.98 Å². The minimum Gasteiger partial charge on any atom is -0.465 e. The van der Waals surface area contributed by atoms with Gasteiger partial charge in [0.1, 0.15) is 23.7 Å². The number of carbonyl (C=O) groups excluding carboxylic acids is 3. The molecule has 3 heterocycles. The van der Waals surface area contributed by atoms with E-state index >= 15 is 0 Å². The lowest BCUT2D eigenvalue weighted by atomic mass is 10.0. The number of aromatic nitrogens is 1. The van der Waals surface area contributed by atoms with E-state index < -0.39 is 35.5 Å². The molecule has 0 bridgehead atoms. The fourth-order valence-corrected chi connectivity index (χ4v) is 7.77. The molecule has 7 rings (SSSR count). The minimum absolute atomic E-state index is 0.165. The van der Waals surface area contributed by atoms with E-state index in [4.69, 9.17) is 9.57 Å². The maximum absolute atomic E-state index is 14.5. The maximum Gasteiger partial charge on any atom is 0.278 e. The fraction of sp³-hybridized carbons (Fsp3) is 0.368. The maximum atomic E-state index is 14.5. The normalized spacial score (nSPS) is 25.7. The van der Waals surface area contributed by atoms with Crippen molar-refractivity contribution in [2.45, 2.75) is 75.6 Å². The number of nitrogens with zero attached hydrogens (tertiary/aromatic N) is 2. The number of hydrogen-bond donors (Lipinski definition) is 3. The second-order valence-electron chi connectivity index (χ2n) is 13.2. The Morgan fingerprint density at radius 2 is 1.82 bits per heavy atom. The number of amides is 3. The number of aryl methyl sites for hydroxylation is 1. The molecule has 2 aliphatic heterocycles. The number of nitrogens with one attached hydrogen (secondary N) is 3. The number of carbonyl (C=O) groups is 3. The SMILES string of the molecule is Cc1ccc2nc(O[C@@H]3C[C@H]4C(=O)N[C@]5(C(=O)NOc6ccccc6)C[C@H]5C=CCCCCC[C@H](Nc5ccccc5)C(=O)N4C3)sc2c1. The van der Waals surface area contributed by atoms with Gasteiger partial charge < -0.3 is 25.1 Å². The Morgan fingerprint density at radius 3 is 2.63 bits per heavy atom. The predicted molar refractivity (Wildman–Crippen MR) is 189 cm³/mol. The first-order valence-electron chi connectivity index (χ1n) is 17.0. The van der Waals surface area contributed by atoms with Crippen molar-refractivity contribution in [1.29, 1.82) is 0 Å². The average molecular weight is 680 g/mol. The summed E-state index contributed by atoms with van der Waals surface area (Å²) in [6.45, 7) is 2.26. The lowest BCUT2D eigenvalue weighted by molar-refractivity contribution is -0.141. The Bertz CT molecular complexity index is 1830. The Hall–Kier alpha value is -4.90. The summed E-state index contributed by atoms with van der Waals surface area (Å²) in [5.74, 6) is -0.698. The van der Waals surface area contributed by atoms with Crippen LogP contribution in [0.2, 0.25) is 0 Å². The topological polar surface area (TPSA) is 122 Å². The Morgan fingerprint density at radius 1 is 1.02 bits per heavy atom. The zero-order valence-corrected chi connectivity index (χ0v) is 28.3. The van der Waals surface area contributed by atoms with Crippen LogP contribution in [0.4, 0.5) is 5.69 Å². The van der Waals surface area contributed by atoms with Crippen LogP contribution >= 0.6 is 11.3 Å². The molecule has 5 atom stereocenters. The molecule has 3 aromatic carbocycles. The van der Waals surface area contributed by atoms with Crippen LogP contribution in [0.25, 0.3) is 10.2 Å². The molecular formula is C38H41N5O5S. The van der Waals surface area contributed by atoms with Gasteiger partial charge in [-0.2, -0.15) is 5.48 Å². The predicted octanol–water partition coefficient (Wildman–Crippen LogP) is 5.94. The zero-order valence-electron chi connectivity index (χ0n) is 27.5. The fourth-order valence-electron chi connectivity index (χ4n) is 6.79. The van der Waals surface area contributed by atoms with Crippen LogP contribution in [0.15, 0.2) is 91.0 Å². The molecule has 1 saturated heterocycles. The van der Waals surface area contributed by atoms with Crippen molar-refractivity contribution >= 4 is 45.0 Å². The first-order chi connectivity index (χ1) is 23.9. The molecule has 1 saturated carbocycles. The summed E-state index contributed by atoms with van der Waals surface area (Å²) in [6, 6.07) is 23.3. The molecule has 1 aromatic heterocycles. The summed E-state index contributed by atoms with van der Waals surface area (Å²) in [6.07, 6.45) is 8.61. The van der Waals surface area contributed by atoms with Gasteiger partial charge in [0, 0.05) is 18.0 Å². The third-order valence-corrected chi connectivity index (χ3v) is 10.5. The van der Waals surface area contributed by atoms with Gasteiger partial charge in [-0.05, 0) is 74.6 Å². The van der Waals surface area contributed by atoms with Crippen molar-refractivity contribution in [2.75, 3.05) is 11.9 Å². The quantitative estimate of drug-likeness (QED) is 0.163. The van der Waals surface area contributed by atoms with Gasteiger partial charge in [-0.1, -0.05) is 78.8 Å². The number of hydroxylamine groups is 1. The smallest absolute Gasteiger partial charge is 0.278 e. The van der Waals surface area contributed by atoms with Crippen LogP contribution in [0.1, 0.15) is 50.5 Å². The summed E-state index contributed by atoms with van der Waals surface area (Å²) in [4.78, 5) is 54.4. The number of benzene rings is 3. The van der Waals surface area contributed by atoms with Gasteiger partial charge in [0.15, 0.2) is 5.75 Å². The molecule has 10 nitrogen and oxygen atoms in total. The van der Waals surface area contributed by atoms with Crippen LogP contribution in [0.3, 0.4) is 0 Å². The monoisotopic (exact) mass is 679 g/mol. The van der Waals surface area contributed by atoms with Crippen molar-refractivity contribution in [1.82, 2.24) is 20.7 Å². The standard InChI is InChI=1S/C38H41N5O5S/c1-25-19-20-30-33(21-25)49-37(40-30)47-29-22-32-34(44)41-38(36(46)42-48-28-16-10-6-11-17-28)23-26(38)13-7-3-2-4-12-18-31(35(45)43(32)24-29)39-27-14-8-5-9-15-27/h5-11,13-17,19-21,26,29,31-32,39H,2-4,12,18,22-24H2,1H3,(H,41,44)(H,42,46)/t26-,29-,31+,32+,38-/m1/s1. The number of thiazole rings is 1. The second kappa shape index (κ2) is 14.3. The van der Waals surface area contributed by atoms with Crippen LogP contribution in [0.5, 0.6) is 10.9 Å². The highest BCUT2D eigenvalue weighted by Crippen LogP contribution is 2.45. The van der Waals surface area contributed by atoms with Gasteiger partial charge in [-0.3, -0.25) is 14.4 Å². The summed E-state index contributed by atoms with van der Waals surface area (Å²) < 4.78 is 7.41. The number of anilines is 1. The first-order valence-corrected chi connectivity index (χ1v) is 17.9. The Kier molecular flexibility index (Phi) is 9.52. The number of para-hydroxylation sites is 2. The molecular weight excluding hydrogens is 639 g/mol. The van der Waals surface area contributed by atoms with E-state index in [-0.39, 0.29) is 24.8 Å². The van der Waals surface area contributed by atoms with Crippen molar-refractivity contribution in [3.8, 4) is 10.9 Å². The summed E-state index contributed by atoms with van der Waals surface area (Å²) >= 11 is 1.45. The molecule has 3 aliphatic rings. The van der Waals surface area contributed by atoms with Crippen molar-refractivity contribution in [3.05, 3.63) is 96.6 Å². The van der Waals surface area contributed by atoms with E-state index in [0.29, 0.717) is 23.8 Å². The Labute approximate surface area is 289 Å².